The number of rotatable bonds is 10. The molecule has 10 heteroatoms. The minimum absolute atomic E-state index is 0.0169. The fraction of sp³-hybridized carbons (Fsp3) is 0.583. The molecule has 186 valence electrons. The summed E-state index contributed by atoms with van der Waals surface area (Å²) in [5.41, 5.74) is 7.01. The zero-order valence-electron chi connectivity index (χ0n) is 19.7. The Labute approximate surface area is 199 Å². The quantitative estimate of drug-likeness (QED) is 0.131. The van der Waals surface area contributed by atoms with Gasteiger partial charge in [-0.3, -0.25) is 19.7 Å². The summed E-state index contributed by atoms with van der Waals surface area (Å²) in [4.78, 5) is 39.7. The van der Waals surface area contributed by atoms with E-state index in [0.717, 1.165) is 37.7 Å². The summed E-state index contributed by atoms with van der Waals surface area (Å²) < 4.78 is 5.00. The number of nitrogens with one attached hydrogen (secondary N) is 2. The third kappa shape index (κ3) is 6.47. The summed E-state index contributed by atoms with van der Waals surface area (Å²) in [6, 6.07) is 5.98. The van der Waals surface area contributed by atoms with Crippen molar-refractivity contribution >= 4 is 23.6 Å². The molecule has 1 saturated heterocycles. The van der Waals surface area contributed by atoms with E-state index in [2.05, 4.69) is 15.8 Å². The minimum Gasteiger partial charge on any atom is -0.465 e. The molecule has 34 heavy (non-hydrogen) atoms. The number of carbonyl (C=O) groups excluding carboxylic acids is 3. The number of nitrogens with zero attached hydrogens (tertiary/aromatic N) is 2. The third-order valence-electron chi connectivity index (χ3n) is 6.59. The number of benzene rings is 1. The van der Waals surface area contributed by atoms with E-state index in [1.165, 1.54) is 0 Å². The average Bonchev–Trinajstić information content (AvgIpc) is 2.83. The van der Waals surface area contributed by atoms with Crippen molar-refractivity contribution in [2.45, 2.75) is 64.1 Å². The fourth-order valence-electron chi connectivity index (χ4n) is 4.59. The van der Waals surface area contributed by atoms with E-state index >= 15 is 0 Å². The summed E-state index contributed by atoms with van der Waals surface area (Å²) >= 11 is 0. The molecule has 2 fully saturated rings. The second-order valence-corrected chi connectivity index (χ2v) is 8.80. The Morgan fingerprint density at radius 2 is 1.88 bits per heavy atom. The van der Waals surface area contributed by atoms with Crippen molar-refractivity contribution < 1.29 is 24.3 Å². The summed E-state index contributed by atoms with van der Waals surface area (Å²) in [5, 5.41) is 17.7. The molecular weight excluding hydrogens is 438 g/mol. The molecule has 1 aliphatic heterocycles. The first-order valence-electron chi connectivity index (χ1n) is 12.0. The van der Waals surface area contributed by atoms with Crippen molar-refractivity contribution in [2.24, 2.45) is 16.8 Å². The van der Waals surface area contributed by atoms with Gasteiger partial charge >= 0.3 is 5.97 Å². The highest BCUT2D eigenvalue weighted by Crippen LogP contribution is 2.29. The summed E-state index contributed by atoms with van der Waals surface area (Å²) in [6.45, 7) is 2.85. The highest BCUT2D eigenvalue weighted by Gasteiger charge is 2.42. The molecule has 3 rings (SSSR count). The van der Waals surface area contributed by atoms with E-state index in [1.807, 2.05) is 0 Å². The van der Waals surface area contributed by atoms with Crippen LogP contribution >= 0.6 is 0 Å². The van der Waals surface area contributed by atoms with Crippen molar-refractivity contribution in [3.63, 3.8) is 0 Å². The van der Waals surface area contributed by atoms with Crippen LogP contribution in [0.3, 0.4) is 0 Å². The summed E-state index contributed by atoms with van der Waals surface area (Å²) in [6.07, 6.45) is 5.75. The number of oxime groups is 1. The van der Waals surface area contributed by atoms with E-state index in [4.69, 9.17) is 15.7 Å². The smallest absolute Gasteiger partial charge is 0.319 e. The monoisotopic (exact) mass is 473 g/mol. The maximum absolute atomic E-state index is 13.4. The van der Waals surface area contributed by atoms with Crippen molar-refractivity contribution in [2.75, 3.05) is 19.7 Å². The van der Waals surface area contributed by atoms with Gasteiger partial charge in [0.15, 0.2) is 5.84 Å². The number of hydrogen-bond donors (Lipinski definition) is 4. The standard InChI is InChI=1S/C24H35N5O5/c1-2-34-20(30)15-26-21(17-6-4-3-5-7-17)24(32)29-13-12-19(29)23(31)27-14-16-8-10-18(11-9-16)22(25)28-33/h8-11,17,19,21,26,33H,2-7,12-15H2,1H3,(H2,25,28)(H,27,31)/t19-,21+/m0/s1. The Bertz CT molecular complexity index is 882. The molecule has 0 unspecified atom stereocenters. The van der Waals surface area contributed by atoms with Crippen LogP contribution in [0.4, 0.5) is 0 Å². The predicted molar refractivity (Wildman–Crippen MR) is 126 cm³/mol. The highest BCUT2D eigenvalue weighted by molar-refractivity contribution is 5.97. The van der Waals surface area contributed by atoms with Crippen LogP contribution in [-0.4, -0.2) is 65.5 Å². The lowest BCUT2D eigenvalue weighted by atomic mass is 9.82. The van der Waals surface area contributed by atoms with Crippen molar-refractivity contribution in [3.05, 3.63) is 35.4 Å². The van der Waals surface area contributed by atoms with Gasteiger partial charge in [0.05, 0.1) is 19.2 Å². The van der Waals surface area contributed by atoms with Crippen LogP contribution in [0.5, 0.6) is 0 Å². The molecule has 0 bridgehead atoms. The molecule has 0 spiro atoms. The molecule has 1 aromatic rings. The van der Waals surface area contributed by atoms with Gasteiger partial charge in [-0.2, -0.15) is 0 Å². The van der Waals surface area contributed by atoms with Gasteiger partial charge < -0.3 is 25.9 Å². The molecule has 1 aromatic carbocycles. The number of hydrogen-bond acceptors (Lipinski definition) is 7. The largest absolute Gasteiger partial charge is 0.465 e. The minimum atomic E-state index is -0.514. The fourth-order valence-corrected chi connectivity index (χ4v) is 4.59. The van der Waals surface area contributed by atoms with Crippen LogP contribution in [0.1, 0.15) is 56.6 Å². The van der Waals surface area contributed by atoms with E-state index in [1.54, 1.807) is 36.1 Å². The summed E-state index contributed by atoms with van der Waals surface area (Å²) in [5.74, 6) is -0.539. The number of esters is 1. The van der Waals surface area contributed by atoms with Gasteiger partial charge in [0.25, 0.3) is 0 Å². The second kappa shape index (κ2) is 12.4. The first-order valence-corrected chi connectivity index (χ1v) is 12.0. The Balaban J connectivity index is 1.58. The van der Waals surface area contributed by atoms with Crippen molar-refractivity contribution in [1.82, 2.24) is 15.5 Å². The Morgan fingerprint density at radius 3 is 2.47 bits per heavy atom. The number of amidine groups is 1. The molecule has 1 heterocycles. The predicted octanol–water partition coefficient (Wildman–Crippen LogP) is 1.10. The van der Waals surface area contributed by atoms with E-state index in [0.29, 0.717) is 31.7 Å². The van der Waals surface area contributed by atoms with Gasteiger partial charge in [-0.25, -0.2) is 0 Å². The van der Waals surface area contributed by atoms with E-state index < -0.39 is 12.1 Å². The van der Waals surface area contributed by atoms with Gasteiger partial charge in [0.1, 0.15) is 6.04 Å². The van der Waals surface area contributed by atoms with Gasteiger partial charge in [0.2, 0.25) is 11.8 Å². The van der Waals surface area contributed by atoms with Crippen LogP contribution in [-0.2, 0) is 25.7 Å². The number of nitrogens with two attached hydrogens (primary N) is 1. The van der Waals surface area contributed by atoms with Crippen molar-refractivity contribution in [1.29, 1.82) is 0 Å². The molecule has 0 aromatic heterocycles. The van der Waals surface area contributed by atoms with E-state index in [-0.39, 0.29) is 36.1 Å². The summed E-state index contributed by atoms with van der Waals surface area (Å²) in [7, 11) is 0. The number of amides is 2. The first-order chi connectivity index (χ1) is 16.4. The molecule has 2 amide bonds. The Morgan fingerprint density at radius 1 is 1.18 bits per heavy atom. The van der Waals surface area contributed by atoms with Gasteiger partial charge in [-0.1, -0.05) is 48.7 Å². The molecule has 1 aliphatic carbocycles. The molecule has 10 nitrogen and oxygen atoms in total. The third-order valence-corrected chi connectivity index (χ3v) is 6.59. The lowest BCUT2D eigenvalue weighted by Gasteiger charge is -2.43. The molecule has 1 saturated carbocycles. The zero-order valence-corrected chi connectivity index (χ0v) is 19.7. The maximum atomic E-state index is 13.4. The Hall–Kier alpha value is -3.14. The van der Waals surface area contributed by atoms with Gasteiger partial charge in [-0.05, 0) is 37.7 Å². The van der Waals surface area contributed by atoms with Crippen LogP contribution in [0.2, 0.25) is 0 Å². The van der Waals surface area contributed by atoms with Crippen LogP contribution < -0.4 is 16.4 Å². The normalized spacial score (nSPS) is 19.7. The Kier molecular flexibility index (Phi) is 9.26. The SMILES string of the molecule is CCOC(=O)CN[C@@H](C(=O)N1CC[C@H]1C(=O)NCc1ccc(/C(N)=N/O)cc1)C1CCCCC1. The van der Waals surface area contributed by atoms with E-state index in [9.17, 15) is 14.4 Å². The molecule has 0 radical (unpaired) electrons. The maximum Gasteiger partial charge on any atom is 0.319 e. The molecular formula is C24H35N5O5. The lowest BCUT2D eigenvalue weighted by Crippen LogP contribution is -2.63. The molecule has 2 aliphatic rings. The number of likely N-dealkylation sites (tertiary alicyclic amines) is 1. The zero-order chi connectivity index (χ0) is 24.5. The van der Waals surface area contributed by atoms with Crippen LogP contribution in [0, 0.1) is 5.92 Å². The lowest BCUT2D eigenvalue weighted by molar-refractivity contribution is -0.151. The number of carbonyl (C=O) groups is 3. The van der Waals surface area contributed by atoms with Gasteiger partial charge in [0, 0.05) is 18.7 Å². The molecule has 2 atom stereocenters. The van der Waals surface area contributed by atoms with Crippen molar-refractivity contribution in [3.8, 4) is 0 Å². The van der Waals surface area contributed by atoms with Gasteiger partial charge in [-0.15, -0.1) is 0 Å². The highest BCUT2D eigenvalue weighted by atomic mass is 16.5. The average molecular weight is 474 g/mol. The van der Waals surface area contributed by atoms with Crippen LogP contribution in [0.15, 0.2) is 29.4 Å². The second-order valence-electron chi connectivity index (χ2n) is 8.80. The number of ether oxygens (including phenoxy) is 1. The topological polar surface area (TPSA) is 146 Å². The van der Waals surface area contributed by atoms with Crippen LogP contribution in [0.25, 0.3) is 0 Å². The first kappa shape index (κ1) is 25.5. The molecule has 5 N–H and O–H groups in total.